The van der Waals surface area contributed by atoms with E-state index in [1.165, 1.54) is 0 Å². The second-order valence-corrected chi connectivity index (χ2v) is 16.1. The molecule has 0 aromatic heterocycles. The molecule has 1 atom stereocenters. The summed E-state index contributed by atoms with van der Waals surface area (Å²) >= 11 is 0. The van der Waals surface area contributed by atoms with Gasteiger partial charge in [-0.05, 0) is 6.92 Å². The quantitative estimate of drug-likeness (QED) is 0.562. The van der Waals surface area contributed by atoms with Gasteiger partial charge < -0.3 is 10.8 Å². The van der Waals surface area contributed by atoms with E-state index >= 15 is 0 Å². The van der Waals surface area contributed by atoms with Crippen molar-refractivity contribution in [3.05, 3.63) is 0 Å². The van der Waals surface area contributed by atoms with Crippen LogP contribution in [0.2, 0.25) is 39.3 Å². The third-order valence-corrected chi connectivity index (χ3v) is 3.67. The van der Waals surface area contributed by atoms with Gasteiger partial charge in [-0.3, -0.25) is 0 Å². The Balaban J connectivity index is 5.31. The summed E-state index contributed by atoms with van der Waals surface area (Å²) in [5, 5.41) is 10.4. The van der Waals surface area contributed by atoms with Crippen molar-refractivity contribution in [2.75, 3.05) is 0 Å². The monoisotopic (exact) mass is 267 g/mol. The minimum absolute atomic E-state index is 0.463. The third kappa shape index (κ3) is 7.41. The lowest BCUT2D eigenvalue weighted by molar-refractivity contribution is 0.139. The van der Waals surface area contributed by atoms with Gasteiger partial charge in [0.1, 0.15) is 16.1 Å². The Morgan fingerprint density at radius 2 is 1.24 bits per heavy atom. The molecule has 0 aliphatic rings. The Labute approximate surface area is 108 Å². The van der Waals surface area contributed by atoms with Gasteiger partial charge in [-0.2, -0.15) is 0 Å². The normalized spacial score (nSPS) is 14.2. The number of aliphatic hydroxyl groups is 1. The van der Waals surface area contributed by atoms with E-state index in [2.05, 4.69) is 62.2 Å². The van der Waals surface area contributed by atoms with Crippen LogP contribution < -0.4 is 5.73 Å². The third-order valence-electron chi connectivity index (χ3n) is 1.92. The van der Waals surface area contributed by atoms with Crippen molar-refractivity contribution in [2.24, 2.45) is 5.73 Å². The van der Waals surface area contributed by atoms with Gasteiger partial charge in [-0.15, -0.1) is 11.1 Å². The SMILES string of the molecule is C[C@@H](N)C(O)(C#C[Si](C)(C)C)C#C[Si](C)(C)C. The molecular formula is C13H25NOSi2. The molecule has 0 aliphatic carbocycles. The minimum Gasteiger partial charge on any atom is -0.366 e. The van der Waals surface area contributed by atoms with Gasteiger partial charge >= 0.3 is 0 Å². The number of nitrogens with two attached hydrogens (primary N) is 1. The molecule has 0 rings (SSSR count). The van der Waals surface area contributed by atoms with Crippen molar-refractivity contribution in [1.29, 1.82) is 0 Å². The van der Waals surface area contributed by atoms with Gasteiger partial charge in [0.15, 0.2) is 0 Å². The molecule has 17 heavy (non-hydrogen) atoms. The Kier molecular flexibility index (Phi) is 5.24. The van der Waals surface area contributed by atoms with Crippen molar-refractivity contribution in [3.8, 4) is 22.9 Å². The summed E-state index contributed by atoms with van der Waals surface area (Å²) in [4.78, 5) is 0. The van der Waals surface area contributed by atoms with Crippen LogP contribution in [0.3, 0.4) is 0 Å². The molecule has 3 N–H and O–H groups in total. The zero-order valence-corrected chi connectivity index (χ0v) is 14.1. The molecule has 0 amide bonds. The molecule has 0 radical (unpaired) electrons. The fourth-order valence-electron chi connectivity index (χ4n) is 0.824. The summed E-state index contributed by atoms with van der Waals surface area (Å²) in [6, 6.07) is -0.463. The van der Waals surface area contributed by atoms with Crippen LogP contribution in [0.5, 0.6) is 0 Å². The minimum atomic E-state index is -1.52. The Morgan fingerprint density at radius 3 is 1.41 bits per heavy atom. The lowest BCUT2D eigenvalue weighted by atomic mass is 9.99. The van der Waals surface area contributed by atoms with Crippen LogP contribution in [0.4, 0.5) is 0 Å². The molecule has 0 unspecified atom stereocenters. The van der Waals surface area contributed by atoms with E-state index in [-0.39, 0.29) is 0 Å². The molecule has 0 spiro atoms. The topological polar surface area (TPSA) is 46.2 Å². The van der Waals surface area contributed by atoms with Crippen LogP contribution in [0, 0.1) is 22.9 Å². The van der Waals surface area contributed by atoms with E-state index in [1.54, 1.807) is 6.92 Å². The summed E-state index contributed by atoms with van der Waals surface area (Å²) in [6.45, 7) is 14.5. The van der Waals surface area contributed by atoms with Gasteiger partial charge in [0.25, 0.3) is 0 Å². The molecule has 0 aliphatic heterocycles. The average molecular weight is 268 g/mol. The highest BCUT2D eigenvalue weighted by molar-refractivity contribution is 6.84. The average Bonchev–Trinajstić information content (AvgIpc) is 2.09. The zero-order valence-electron chi connectivity index (χ0n) is 12.1. The molecule has 4 heteroatoms. The smallest absolute Gasteiger partial charge is 0.201 e. The largest absolute Gasteiger partial charge is 0.366 e. The summed E-state index contributed by atoms with van der Waals surface area (Å²) < 4.78 is 0. The van der Waals surface area contributed by atoms with E-state index < -0.39 is 27.8 Å². The highest BCUT2D eigenvalue weighted by Crippen LogP contribution is 2.09. The van der Waals surface area contributed by atoms with Crippen molar-refractivity contribution in [1.82, 2.24) is 0 Å². The van der Waals surface area contributed by atoms with Gasteiger partial charge in [0, 0.05) is 0 Å². The molecule has 0 fully saturated rings. The summed E-state index contributed by atoms with van der Waals surface area (Å²) in [5.74, 6) is 5.80. The van der Waals surface area contributed by atoms with Gasteiger partial charge in [-0.25, -0.2) is 0 Å². The fourth-order valence-corrected chi connectivity index (χ4v) is 1.96. The number of hydrogen-bond acceptors (Lipinski definition) is 2. The van der Waals surface area contributed by atoms with Gasteiger partial charge in [-0.1, -0.05) is 51.1 Å². The maximum Gasteiger partial charge on any atom is 0.201 e. The molecule has 0 saturated heterocycles. The standard InChI is InChI=1S/C13H25NOSi2/c1-12(14)13(15,8-10-16(2,3)4)9-11-17(5,6)7/h12,15H,14H2,1-7H3/t12-/m1/s1. The van der Waals surface area contributed by atoms with Gasteiger partial charge in [0.05, 0.1) is 6.04 Å². The second-order valence-electron chi connectivity index (χ2n) is 6.56. The second kappa shape index (κ2) is 5.41. The predicted octanol–water partition coefficient (Wildman–Crippen LogP) is 1.83. The first-order chi connectivity index (χ1) is 7.36. The predicted molar refractivity (Wildman–Crippen MR) is 80.8 cm³/mol. The highest BCUT2D eigenvalue weighted by atomic mass is 28.3. The van der Waals surface area contributed by atoms with E-state index in [1.807, 2.05) is 0 Å². The number of rotatable bonds is 1. The maximum atomic E-state index is 10.4. The van der Waals surface area contributed by atoms with Crippen LogP contribution in [0.1, 0.15) is 6.92 Å². The number of hydrogen-bond donors (Lipinski definition) is 2. The fraction of sp³-hybridized carbons (Fsp3) is 0.692. The van der Waals surface area contributed by atoms with Crippen LogP contribution in [0.25, 0.3) is 0 Å². The first-order valence-electron chi connectivity index (χ1n) is 5.92. The molecule has 0 heterocycles. The molecule has 2 nitrogen and oxygen atoms in total. The van der Waals surface area contributed by atoms with Crippen molar-refractivity contribution in [2.45, 2.75) is 57.8 Å². The molecule has 0 aromatic carbocycles. The van der Waals surface area contributed by atoms with Crippen LogP contribution in [0.15, 0.2) is 0 Å². The van der Waals surface area contributed by atoms with E-state index in [9.17, 15) is 5.11 Å². The van der Waals surface area contributed by atoms with Crippen LogP contribution in [-0.2, 0) is 0 Å². The van der Waals surface area contributed by atoms with Crippen LogP contribution in [-0.4, -0.2) is 32.9 Å². The lowest BCUT2D eigenvalue weighted by Crippen LogP contribution is -2.44. The highest BCUT2D eigenvalue weighted by Gasteiger charge is 2.28. The Bertz CT molecular complexity index is 348. The van der Waals surface area contributed by atoms with E-state index in [0.29, 0.717) is 0 Å². The van der Waals surface area contributed by atoms with Crippen LogP contribution >= 0.6 is 0 Å². The molecule has 0 bridgehead atoms. The Morgan fingerprint density at radius 1 is 0.941 bits per heavy atom. The zero-order chi connectivity index (χ0) is 13.9. The lowest BCUT2D eigenvalue weighted by Gasteiger charge is -2.21. The first-order valence-corrected chi connectivity index (χ1v) is 12.9. The van der Waals surface area contributed by atoms with E-state index in [4.69, 9.17) is 5.73 Å². The van der Waals surface area contributed by atoms with Crippen molar-refractivity contribution in [3.63, 3.8) is 0 Å². The molecule has 0 aromatic rings. The maximum absolute atomic E-state index is 10.4. The first kappa shape index (κ1) is 16.5. The summed E-state index contributed by atoms with van der Waals surface area (Å²) in [6.07, 6.45) is 0. The van der Waals surface area contributed by atoms with Gasteiger partial charge in [0.2, 0.25) is 5.60 Å². The van der Waals surface area contributed by atoms with E-state index in [0.717, 1.165) is 0 Å². The summed E-state index contributed by atoms with van der Waals surface area (Å²) in [7, 11) is -3.04. The molecule has 96 valence electrons. The summed E-state index contributed by atoms with van der Waals surface area (Å²) in [5.41, 5.74) is 10.7. The van der Waals surface area contributed by atoms with Crippen molar-refractivity contribution >= 4 is 16.1 Å². The molecule has 0 saturated carbocycles. The van der Waals surface area contributed by atoms with Crippen molar-refractivity contribution < 1.29 is 5.11 Å². The molecular weight excluding hydrogens is 242 g/mol. The Hall–Kier alpha value is -0.526.